The summed E-state index contributed by atoms with van der Waals surface area (Å²) in [7, 11) is 0. The summed E-state index contributed by atoms with van der Waals surface area (Å²) in [5.74, 6) is -1.01. The molecule has 0 saturated carbocycles. The van der Waals surface area contributed by atoms with Crippen LogP contribution in [0.5, 0.6) is 0 Å². The van der Waals surface area contributed by atoms with Crippen molar-refractivity contribution >= 4 is 35.0 Å². The van der Waals surface area contributed by atoms with Crippen LogP contribution in [0.4, 0.5) is 0 Å². The summed E-state index contributed by atoms with van der Waals surface area (Å²) in [5.41, 5.74) is 1.17. The number of carbonyl (C=O) groups is 2. The molecular formula is C14H13Cl2NO2. The predicted octanol–water partition coefficient (Wildman–Crippen LogP) is 3.07. The Kier molecular flexibility index (Phi) is 4.27. The van der Waals surface area contributed by atoms with E-state index in [1.165, 1.54) is 5.56 Å². The van der Waals surface area contributed by atoms with Crippen molar-refractivity contribution in [3.8, 4) is 0 Å². The lowest BCUT2D eigenvalue weighted by molar-refractivity contribution is -0.139. The van der Waals surface area contributed by atoms with Gasteiger partial charge in [0, 0.05) is 6.04 Å². The highest BCUT2D eigenvalue weighted by atomic mass is 35.5. The van der Waals surface area contributed by atoms with Gasteiger partial charge in [0.15, 0.2) is 0 Å². The van der Waals surface area contributed by atoms with Crippen LogP contribution in [0.3, 0.4) is 0 Å². The second kappa shape index (κ2) is 5.76. The fourth-order valence-electron chi connectivity index (χ4n) is 2.04. The summed E-state index contributed by atoms with van der Waals surface area (Å²) in [6.07, 6.45) is 1.46. The maximum Gasteiger partial charge on any atom is 0.274 e. The lowest BCUT2D eigenvalue weighted by atomic mass is 10.1. The lowest BCUT2D eigenvalue weighted by Crippen LogP contribution is -2.39. The summed E-state index contributed by atoms with van der Waals surface area (Å²) in [4.78, 5) is 24.8. The topological polar surface area (TPSA) is 37.4 Å². The Balaban J connectivity index is 2.00. The SMILES string of the molecule is CC(CCc1ccccc1)N1C(=O)C(Cl)=C(Cl)C1=O. The Hall–Kier alpha value is -1.32. The largest absolute Gasteiger partial charge is 0.274 e. The van der Waals surface area contributed by atoms with E-state index in [1.54, 1.807) is 0 Å². The molecule has 1 atom stereocenters. The van der Waals surface area contributed by atoms with E-state index in [1.807, 2.05) is 37.3 Å². The first-order valence-electron chi connectivity index (χ1n) is 5.99. The molecule has 1 aromatic carbocycles. The maximum atomic E-state index is 11.8. The van der Waals surface area contributed by atoms with E-state index in [0.29, 0.717) is 6.42 Å². The van der Waals surface area contributed by atoms with E-state index in [-0.39, 0.29) is 16.1 Å². The number of hydrogen-bond acceptors (Lipinski definition) is 2. The number of benzene rings is 1. The van der Waals surface area contributed by atoms with Crippen LogP contribution < -0.4 is 0 Å². The zero-order valence-electron chi connectivity index (χ0n) is 10.4. The fourth-order valence-corrected chi connectivity index (χ4v) is 2.38. The molecule has 5 heteroatoms. The van der Waals surface area contributed by atoms with Gasteiger partial charge in [-0.3, -0.25) is 14.5 Å². The van der Waals surface area contributed by atoms with Gasteiger partial charge in [-0.2, -0.15) is 0 Å². The van der Waals surface area contributed by atoms with E-state index < -0.39 is 11.8 Å². The van der Waals surface area contributed by atoms with Crippen molar-refractivity contribution in [2.45, 2.75) is 25.8 Å². The summed E-state index contributed by atoms with van der Waals surface area (Å²) in [6, 6.07) is 9.66. The van der Waals surface area contributed by atoms with E-state index >= 15 is 0 Å². The van der Waals surface area contributed by atoms with E-state index in [9.17, 15) is 9.59 Å². The summed E-state index contributed by atoms with van der Waals surface area (Å²) < 4.78 is 0. The number of imide groups is 1. The molecule has 0 aliphatic carbocycles. The Morgan fingerprint density at radius 2 is 1.58 bits per heavy atom. The average Bonchev–Trinajstić information content (AvgIpc) is 2.62. The van der Waals surface area contributed by atoms with Crippen LogP contribution in [0.25, 0.3) is 0 Å². The van der Waals surface area contributed by atoms with Gasteiger partial charge in [-0.05, 0) is 25.3 Å². The average molecular weight is 298 g/mol. The minimum Gasteiger partial charge on any atom is -0.270 e. The molecule has 2 amide bonds. The molecule has 1 heterocycles. The highest BCUT2D eigenvalue weighted by molar-refractivity contribution is 6.58. The molecular weight excluding hydrogens is 285 g/mol. The highest BCUT2D eigenvalue weighted by Gasteiger charge is 2.39. The zero-order chi connectivity index (χ0) is 14.0. The van der Waals surface area contributed by atoms with Crippen molar-refractivity contribution < 1.29 is 9.59 Å². The van der Waals surface area contributed by atoms with Crippen LogP contribution in [0.15, 0.2) is 40.4 Å². The highest BCUT2D eigenvalue weighted by Crippen LogP contribution is 2.29. The lowest BCUT2D eigenvalue weighted by Gasteiger charge is -2.22. The van der Waals surface area contributed by atoms with Crippen molar-refractivity contribution in [3.05, 3.63) is 46.0 Å². The van der Waals surface area contributed by atoms with Crippen molar-refractivity contribution in [1.82, 2.24) is 4.90 Å². The number of halogens is 2. The molecule has 0 aromatic heterocycles. The predicted molar refractivity (Wildman–Crippen MR) is 74.8 cm³/mol. The molecule has 0 spiro atoms. The molecule has 0 fully saturated rings. The smallest absolute Gasteiger partial charge is 0.270 e. The van der Waals surface area contributed by atoms with Crippen LogP contribution >= 0.6 is 23.2 Å². The van der Waals surface area contributed by atoms with Gasteiger partial charge >= 0.3 is 0 Å². The molecule has 2 rings (SSSR count). The Bertz CT molecular complexity index is 516. The Morgan fingerprint density at radius 3 is 2.11 bits per heavy atom. The maximum absolute atomic E-state index is 11.8. The molecule has 1 aromatic rings. The van der Waals surface area contributed by atoms with Gasteiger partial charge in [0.1, 0.15) is 10.1 Å². The summed E-state index contributed by atoms with van der Waals surface area (Å²) >= 11 is 11.4. The van der Waals surface area contributed by atoms with Crippen molar-refractivity contribution in [1.29, 1.82) is 0 Å². The standard InChI is InChI=1S/C14H13Cl2NO2/c1-9(7-8-10-5-3-2-4-6-10)17-13(18)11(15)12(16)14(17)19/h2-6,9H,7-8H2,1H3. The normalized spacial score (nSPS) is 17.3. The quantitative estimate of drug-likeness (QED) is 0.801. The van der Waals surface area contributed by atoms with Crippen molar-refractivity contribution in [2.75, 3.05) is 0 Å². The van der Waals surface area contributed by atoms with Crippen molar-refractivity contribution in [2.24, 2.45) is 0 Å². The van der Waals surface area contributed by atoms with Gasteiger partial charge in [-0.15, -0.1) is 0 Å². The molecule has 19 heavy (non-hydrogen) atoms. The van der Waals surface area contributed by atoms with Gasteiger partial charge in [0.2, 0.25) is 0 Å². The molecule has 0 saturated heterocycles. The second-order valence-electron chi connectivity index (χ2n) is 4.48. The molecule has 100 valence electrons. The second-order valence-corrected chi connectivity index (χ2v) is 5.24. The van der Waals surface area contributed by atoms with Gasteiger partial charge < -0.3 is 0 Å². The fraction of sp³-hybridized carbons (Fsp3) is 0.286. The van der Waals surface area contributed by atoms with E-state index in [4.69, 9.17) is 23.2 Å². The van der Waals surface area contributed by atoms with Crippen LogP contribution in [-0.2, 0) is 16.0 Å². The molecule has 3 nitrogen and oxygen atoms in total. The molecule has 1 aliphatic heterocycles. The van der Waals surface area contributed by atoms with Gasteiger partial charge in [-0.25, -0.2) is 0 Å². The third kappa shape index (κ3) is 2.82. The van der Waals surface area contributed by atoms with Gasteiger partial charge in [-0.1, -0.05) is 53.5 Å². The first-order chi connectivity index (χ1) is 9.02. The van der Waals surface area contributed by atoms with E-state index in [0.717, 1.165) is 11.3 Å². The third-order valence-electron chi connectivity index (χ3n) is 3.14. The minimum absolute atomic E-state index is 0.182. The van der Waals surface area contributed by atoms with Crippen LogP contribution in [-0.4, -0.2) is 22.8 Å². The number of carbonyl (C=O) groups excluding carboxylic acids is 2. The van der Waals surface area contributed by atoms with E-state index in [2.05, 4.69) is 0 Å². The molecule has 1 unspecified atom stereocenters. The first-order valence-corrected chi connectivity index (χ1v) is 6.75. The monoisotopic (exact) mass is 297 g/mol. The molecule has 1 aliphatic rings. The van der Waals surface area contributed by atoms with Gasteiger partial charge in [0.05, 0.1) is 0 Å². The Labute approximate surface area is 121 Å². The number of nitrogens with zero attached hydrogens (tertiary/aromatic N) is 1. The summed E-state index contributed by atoms with van der Waals surface area (Å²) in [6.45, 7) is 1.82. The number of hydrogen-bond donors (Lipinski definition) is 0. The van der Waals surface area contributed by atoms with Crippen molar-refractivity contribution in [3.63, 3.8) is 0 Å². The van der Waals surface area contributed by atoms with Crippen LogP contribution in [0, 0.1) is 0 Å². The van der Waals surface area contributed by atoms with Crippen LogP contribution in [0.1, 0.15) is 18.9 Å². The minimum atomic E-state index is -0.503. The summed E-state index contributed by atoms with van der Waals surface area (Å²) in [5, 5.41) is -0.364. The van der Waals surface area contributed by atoms with Crippen LogP contribution in [0.2, 0.25) is 0 Å². The molecule has 0 bridgehead atoms. The third-order valence-corrected chi connectivity index (χ3v) is 3.94. The number of rotatable bonds is 4. The number of amides is 2. The molecule has 0 N–H and O–H groups in total. The zero-order valence-corrected chi connectivity index (χ0v) is 11.9. The first kappa shape index (κ1) is 14.1. The Morgan fingerprint density at radius 1 is 1.05 bits per heavy atom. The van der Waals surface area contributed by atoms with Gasteiger partial charge in [0.25, 0.3) is 11.8 Å². The number of aryl methyl sites for hydroxylation is 1. The molecule has 0 radical (unpaired) electrons.